The van der Waals surface area contributed by atoms with Crippen LogP contribution in [0.2, 0.25) is 0 Å². The van der Waals surface area contributed by atoms with Crippen molar-refractivity contribution >= 4 is 41.6 Å². The van der Waals surface area contributed by atoms with Crippen LogP contribution in [0.25, 0.3) is 0 Å². The first-order chi connectivity index (χ1) is 8.75. The van der Waals surface area contributed by atoms with Crippen LogP contribution in [0.15, 0.2) is 27.6 Å². The first kappa shape index (κ1) is 16.5. The van der Waals surface area contributed by atoms with Gasteiger partial charge in [0.2, 0.25) is 0 Å². The first-order valence-corrected chi connectivity index (χ1v) is 8.88. The van der Waals surface area contributed by atoms with E-state index in [0.717, 1.165) is 6.42 Å². The van der Waals surface area contributed by atoms with E-state index in [1.807, 2.05) is 13.8 Å². The Labute approximate surface area is 126 Å². The van der Waals surface area contributed by atoms with Crippen molar-refractivity contribution in [3.05, 3.63) is 28.2 Å². The molecule has 1 atom stereocenters. The van der Waals surface area contributed by atoms with Crippen molar-refractivity contribution in [1.29, 1.82) is 0 Å². The van der Waals surface area contributed by atoms with Crippen LogP contribution in [0.5, 0.6) is 0 Å². The summed E-state index contributed by atoms with van der Waals surface area (Å²) in [6.45, 7) is 4.61. The molecule has 19 heavy (non-hydrogen) atoms. The number of amides is 1. The Balaban J connectivity index is 2.94. The van der Waals surface area contributed by atoms with E-state index >= 15 is 0 Å². The maximum Gasteiger partial charge on any atom is 0.262 e. The minimum Gasteiger partial charge on any atom is -0.352 e. The van der Waals surface area contributed by atoms with Gasteiger partial charge < -0.3 is 5.32 Å². The van der Waals surface area contributed by atoms with E-state index in [9.17, 15) is 13.2 Å². The Morgan fingerprint density at radius 1 is 1.47 bits per heavy atom. The fourth-order valence-corrected chi connectivity index (χ4v) is 3.46. The summed E-state index contributed by atoms with van der Waals surface area (Å²) in [4.78, 5) is 11.8. The molecule has 0 fully saturated rings. The van der Waals surface area contributed by atoms with Crippen LogP contribution in [0.1, 0.15) is 30.6 Å². The number of benzene rings is 1. The van der Waals surface area contributed by atoms with Gasteiger partial charge in [-0.2, -0.15) is 0 Å². The van der Waals surface area contributed by atoms with Crippen LogP contribution >= 0.6 is 26.6 Å². The zero-order chi connectivity index (χ0) is 14.6. The fraction of sp³-hybridized carbons (Fsp3) is 0.417. The minimum atomic E-state index is -3.88. The van der Waals surface area contributed by atoms with E-state index in [0.29, 0.717) is 16.9 Å². The molecule has 1 unspecified atom stereocenters. The van der Waals surface area contributed by atoms with Gasteiger partial charge in [-0.1, -0.05) is 20.3 Å². The summed E-state index contributed by atoms with van der Waals surface area (Å²) in [5.41, 5.74) is 0.269. The molecule has 1 N–H and O–H groups in total. The molecule has 1 rings (SSSR count). The van der Waals surface area contributed by atoms with Crippen LogP contribution in [0, 0.1) is 5.92 Å². The van der Waals surface area contributed by atoms with Crippen molar-refractivity contribution in [3.63, 3.8) is 0 Å². The zero-order valence-electron chi connectivity index (χ0n) is 10.6. The van der Waals surface area contributed by atoms with E-state index in [2.05, 4.69) is 21.2 Å². The van der Waals surface area contributed by atoms with Gasteiger partial charge in [-0.05, 0) is 40.0 Å². The van der Waals surface area contributed by atoms with Crippen molar-refractivity contribution in [2.45, 2.75) is 25.2 Å². The molecule has 0 aliphatic rings. The predicted molar refractivity (Wildman–Crippen MR) is 79.0 cm³/mol. The van der Waals surface area contributed by atoms with Gasteiger partial charge in [0.1, 0.15) is 0 Å². The average Bonchev–Trinajstić information content (AvgIpc) is 2.34. The number of rotatable bonds is 5. The summed E-state index contributed by atoms with van der Waals surface area (Å²) in [7, 11) is 1.42. The Hall–Kier alpha value is -0.590. The largest absolute Gasteiger partial charge is 0.352 e. The highest BCUT2D eigenvalue weighted by molar-refractivity contribution is 9.10. The first-order valence-electron chi connectivity index (χ1n) is 5.78. The number of halogens is 2. The molecule has 106 valence electrons. The SMILES string of the molecule is CCC(C)CNC(=O)c1ccc(Br)c(S(=O)(=O)Cl)c1. The smallest absolute Gasteiger partial charge is 0.262 e. The minimum absolute atomic E-state index is 0.106. The van der Waals surface area contributed by atoms with Gasteiger partial charge in [-0.15, -0.1) is 0 Å². The zero-order valence-corrected chi connectivity index (χ0v) is 13.8. The molecule has 1 aromatic carbocycles. The van der Waals surface area contributed by atoms with E-state index in [4.69, 9.17) is 10.7 Å². The number of nitrogens with one attached hydrogen (secondary N) is 1. The standard InChI is InChI=1S/C12H15BrClNO3S/c1-3-8(2)7-15-12(16)9-4-5-10(13)11(6-9)19(14,17)18/h4-6,8H,3,7H2,1-2H3,(H,15,16). The van der Waals surface area contributed by atoms with Gasteiger partial charge in [-0.3, -0.25) is 4.79 Å². The lowest BCUT2D eigenvalue weighted by molar-refractivity contribution is 0.0947. The van der Waals surface area contributed by atoms with E-state index in [1.165, 1.54) is 12.1 Å². The third-order valence-corrected chi connectivity index (χ3v) is 5.08. The second-order valence-electron chi connectivity index (χ2n) is 4.31. The van der Waals surface area contributed by atoms with E-state index in [1.54, 1.807) is 6.07 Å². The van der Waals surface area contributed by atoms with Crippen LogP contribution in [-0.2, 0) is 9.05 Å². The molecule has 7 heteroatoms. The normalized spacial score (nSPS) is 13.1. The van der Waals surface area contributed by atoms with Crippen molar-refractivity contribution in [2.24, 2.45) is 5.92 Å². The highest BCUT2D eigenvalue weighted by atomic mass is 79.9. The van der Waals surface area contributed by atoms with Gasteiger partial charge in [0.05, 0.1) is 4.90 Å². The molecular weight excluding hydrogens is 354 g/mol. The summed E-state index contributed by atoms with van der Waals surface area (Å²) in [5, 5.41) is 2.76. The van der Waals surface area contributed by atoms with Crippen LogP contribution in [0.4, 0.5) is 0 Å². The monoisotopic (exact) mass is 367 g/mol. The Kier molecular flexibility index (Phi) is 5.82. The molecule has 0 aliphatic heterocycles. The lowest BCUT2D eigenvalue weighted by Crippen LogP contribution is -2.28. The number of hydrogen-bond donors (Lipinski definition) is 1. The molecule has 0 bridgehead atoms. The summed E-state index contributed by atoms with van der Waals surface area (Å²) >= 11 is 3.09. The molecule has 0 spiro atoms. The van der Waals surface area contributed by atoms with Crippen molar-refractivity contribution in [2.75, 3.05) is 6.54 Å². The molecule has 0 saturated carbocycles. The van der Waals surface area contributed by atoms with Gasteiger partial charge in [0.15, 0.2) is 0 Å². The molecule has 1 aromatic rings. The Bertz CT molecular complexity index is 574. The molecule has 1 amide bonds. The number of hydrogen-bond acceptors (Lipinski definition) is 3. The third-order valence-electron chi connectivity index (χ3n) is 2.76. The van der Waals surface area contributed by atoms with Crippen LogP contribution in [-0.4, -0.2) is 20.9 Å². The fourth-order valence-electron chi connectivity index (χ4n) is 1.34. The Morgan fingerprint density at radius 2 is 2.11 bits per heavy atom. The van der Waals surface area contributed by atoms with E-state index < -0.39 is 9.05 Å². The van der Waals surface area contributed by atoms with Gasteiger partial charge in [0, 0.05) is 27.3 Å². The van der Waals surface area contributed by atoms with E-state index in [-0.39, 0.29) is 16.4 Å². The lowest BCUT2D eigenvalue weighted by atomic mass is 10.1. The van der Waals surface area contributed by atoms with Crippen molar-refractivity contribution in [3.8, 4) is 0 Å². The van der Waals surface area contributed by atoms with Gasteiger partial charge in [-0.25, -0.2) is 8.42 Å². The number of carbonyl (C=O) groups excluding carboxylic acids is 1. The molecule has 0 heterocycles. The van der Waals surface area contributed by atoms with Gasteiger partial charge in [0.25, 0.3) is 15.0 Å². The maximum atomic E-state index is 11.9. The topological polar surface area (TPSA) is 63.2 Å². The van der Waals surface area contributed by atoms with Gasteiger partial charge >= 0.3 is 0 Å². The third kappa shape index (κ3) is 4.78. The van der Waals surface area contributed by atoms with Crippen molar-refractivity contribution in [1.82, 2.24) is 5.32 Å². The van der Waals surface area contributed by atoms with Crippen LogP contribution < -0.4 is 5.32 Å². The van der Waals surface area contributed by atoms with Crippen molar-refractivity contribution < 1.29 is 13.2 Å². The average molecular weight is 369 g/mol. The molecule has 4 nitrogen and oxygen atoms in total. The highest BCUT2D eigenvalue weighted by Gasteiger charge is 2.17. The second kappa shape index (κ2) is 6.72. The summed E-state index contributed by atoms with van der Waals surface area (Å²) in [6, 6.07) is 4.30. The summed E-state index contributed by atoms with van der Waals surface area (Å²) < 4.78 is 23.0. The molecule has 0 radical (unpaired) electrons. The second-order valence-corrected chi connectivity index (χ2v) is 7.70. The molecular formula is C12H15BrClNO3S. The lowest BCUT2D eigenvalue weighted by Gasteiger charge is -2.11. The quantitative estimate of drug-likeness (QED) is 0.812. The molecule has 0 aromatic heterocycles. The number of carbonyl (C=O) groups is 1. The highest BCUT2D eigenvalue weighted by Crippen LogP contribution is 2.26. The maximum absolute atomic E-state index is 11.9. The summed E-state index contributed by atoms with van der Waals surface area (Å²) in [6.07, 6.45) is 0.960. The Morgan fingerprint density at radius 3 is 2.63 bits per heavy atom. The van der Waals surface area contributed by atoms with Crippen LogP contribution in [0.3, 0.4) is 0 Å². The summed E-state index contributed by atoms with van der Waals surface area (Å²) in [5.74, 6) is 0.0602. The molecule has 0 aliphatic carbocycles. The predicted octanol–water partition coefficient (Wildman–Crippen LogP) is 3.15. The molecule has 0 saturated heterocycles.